The third-order valence-electron chi connectivity index (χ3n) is 6.22. The maximum atomic E-state index is 12.8. The molecular weight excluding hydrogens is 365 g/mol. The third-order valence-corrected chi connectivity index (χ3v) is 6.22. The van der Waals surface area contributed by atoms with E-state index in [2.05, 4.69) is 21.3 Å². The van der Waals surface area contributed by atoms with E-state index in [1.54, 1.807) is 0 Å². The second-order valence-corrected chi connectivity index (χ2v) is 7.95. The van der Waals surface area contributed by atoms with Crippen LogP contribution in [0.4, 0.5) is 24.7 Å². The molecule has 1 saturated heterocycles. The number of nitrogens with two attached hydrogens (primary N) is 1. The van der Waals surface area contributed by atoms with Crippen molar-refractivity contribution in [1.82, 2.24) is 4.98 Å². The number of hydrogen-bond donors (Lipinski definition) is 2. The Morgan fingerprint density at radius 1 is 1.07 bits per heavy atom. The summed E-state index contributed by atoms with van der Waals surface area (Å²) in [6.07, 6.45) is 0.304. The second kappa shape index (κ2) is 6.95. The highest BCUT2D eigenvalue weighted by molar-refractivity contribution is 5.65. The van der Waals surface area contributed by atoms with Gasteiger partial charge in [0.25, 0.3) is 0 Å². The monoisotopic (exact) mass is 390 g/mol. The average molecular weight is 390 g/mol. The molecule has 0 bridgehead atoms. The number of halogens is 3. The summed E-state index contributed by atoms with van der Waals surface area (Å²) in [7, 11) is 0. The molecule has 1 aromatic carbocycles. The first kappa shape index (κ1) is 19.1. The number of piperidine rings is 1. The number of nitrogens with zero attached hydrogens (tertiary/aromatic N) is 2. The minimum absolute atomic E-state index is 0.216. The summed E-state index contributed by atoms with van der Waals surface area (Å²) in [5.41, 5.74) is 8.61. The summed E-state index contributed by atoms with van der Waals surface area (Å²) in [6, 6.07) is 7.38. The van der Waals surface area contributed by atoms with Crippen LogP contribution in [-0.4, -0.2) is 24.6 Å². The molecular formula is C21H25F3N4. The Labute approximate surface area is 162 Å². The fraction of sp³-hybridized carbons (Fsp3) is 0.476. The Morgan fingerprint density at radius 2 is 1.71 bits per heavy atom. The lowest BCUT2D eigenvalue weighted by molar-refractivity contribution is -0.137. The van der Waals surface area contributed by atoms with Crippen molar-refractivity contribution in [3.63, 3.8) is 0 Å². The van der Waals surface area contributed by atoms with Crippen molar-refractivity contribution in [1.29, 1.82) is 0 Å². The van der Waals surface area contributed by atoms with E-state index in [1.807, 2.05) is 13.1 Å². The van der Waals surface area contributed by atoms with Gasteiger partial charge in [0.05, 0.1) is 5.56 Å². The van der Waals surface area contributed by atoms with Gasteiger partial charge in [-0.2, -0.15) is 13.2 Å². The molecule has 3 N–H and O–H groups in total. The van der Waals surface area contributed by atoms with Crippen LogP contribution in [0.5, 0.6) is 0 Å². The molecule has 1 unspecified atom stereocenters. The Bertz CT molecular complexity index is 838. The molecule has 7 heteroatoms. The number of pyridine rings is 1. The van der Waals surface area contributed by atoms with Gasteiger partial charge in [-0.15, -0.1) is 0 Å². The van der Waals surface area contributed by atoms with Crippen molar-refractivity contribution in [2.24, 2.45) is 11.7 Å². The van der Waals surface area contributed by atoms with Gasteiger partial charge in [-0.1, -0.05) is 12.1 Å². The van der Waals surface area contributed by atoms with Crippen LogP contribution in [0, 0.1) is 5.92 Å². The average Bonchev–Trinajstić information content (AvgIpc) is 3.16. The Kier molecular flexibility index (Phi) is 4.73. The van der Waals surface area contributed by atoms with Crippen LogP contribution >= 0.6 is 0 Å². The fourth-order valence-corrected chi connectivity index (χ4v) is 4.46. The molecule has 0 amide bonds. The van der Waals surface area contributed by atoms with Crippen LogP contribution in [-0.2, 0) is 18.1 Å². The smallest absolute Gasteiger partial charge is 0.371 e. The van der Waals surface area contributed by atoms with E-state index in [0.717, 1.165) is 62.4 Å². The molecule has 28 heavy (non-hydrogen) atoms. The van der Waals surface area contributed by atoms with Crippen LogP contribution in [0.25, 0.3) is 0 Å². The van der Waals surface area contributed by atoms with Crippen LogP contribution in [0.15, 0.2) is 36.5 Å². The molecule has 0 aliphatic carbocycles. The van der Waals surface area contributed by atoms with Crippen LogP contribution in [0.3, 0.4) is 0 Å². The van der Waals surface area contributed by atoms with Crippen LogP contribution in [0.1, 0.15) is 36.5 Å². The van der Waals surface area contributed by atoms with Crippen molar-refractivity contribution in [3.05, 3.63) is 53.2 Å². The molecule has 4 nitrogen and oxygen atoms in total. The van der Waals surface area contributed by atoms with Gasteiger partial charge in [-0.25, -0.2) is 4.98 Å². The number of anilines is 2. The topological polar surface area (TPSA) is 54.2 Å². The maximum Gasteiger partial charge on any atom is 0.416 e. The zero-order chi connectivity index (χ0) is 19.9. The summed E-state index contributed by atoms with van der Waals surface area (Å²) in [5, 5.41) is 3.31. The van der Waals surface area contributed by atoms with Crippen LogP contribution in [0.2, 0.25) is 0 Å². The van der Waals surface area contributed by atoms with E-state index < -0.39 is 17.3 Å². The normalized spacial score (nSPS) is 19.8. The van der Waals surface area contributed by atoms with E-state index in [9.17, 15) is 13.2 Å². The van der Waals surface area contributed by atoms with Gasteiger partial charge < -0.3 is 16.0 Å². The SMILES string of the molecule is CC(N)(c1ccc(C(F)(F)F)cc1)C1CCN(c2ccnc3c2CCN3)CC1. The van der Waals surface area contributed by atoms with E-state index in [1.165, 1.54) is 23.4 Å². The molecule has 150 valence electrons. The van der Waals surface area contributed by atoms with Crippen molar-refractivity contribution in [2.45, 2.75) is 37.9 Å². The third kappa shape index (κ3) is 3.43. The van der Waals surface area contributed by atoms with Gasteiger partial charge in [0.15, 0.2) is 0 Å². The first-order valence-electron chi connectivity index (χ1n) is 9.70. The zero-order valence-electron chi connectivity index (χ0n) is 15.9. The Hall–Kier alpha value is -2.28. The van der Waals surface area contributed by atoms with Crippen molar-refractivity contribution in [3.8, 4) is 0 Å². The molecule has 3 heterocycles. The summed E-state index contributed by atoms with van der Waals surface area (Å²) in [6.45, 7) is 4.62. The van der Waals surface area contributed by atoms with Gasteiger partial charge in [0.1, 0.15) is 5.82 Å². The largest absolute Gasteiger partial charge is 0.416 e. The minimum Gasteiger partial charge on any atom is -0.371 e. The van der Waals surface area contributed by atoms with E-state index >= 15 is 0 Å². The van der Waals surface area contributed by atoms with Crippen molar-refractivity contribution < 1.29 is 13.2 Å². The van der Waals surface area contributed by atoms with Crippen molar-refractivity contribution >= 4 is 11.5 Å². The number of aromatic nitrogens is 1. The predicted octanol–water partition coefficient (Wildman–Crippen LogP) is 4.16. The predicted molar refractivity (Wildman–Crippen MR) is 104 cm³/mol. The first-order chi connectivity index (χ1) is 13.3. The molecule has 1 aromatic heterocycles. The highest BCUT2D eigenvalue weighted by atomic mass is 19.4. The number of benzene rings is 1. The molecule has 0 saturated carbocycles. The molecule has 2 aliphatic rings. The van der Waals surface area contributed by atoms with Gasteiger partial charge in [0, 0.05) is 42.6 Å². The fourth-order valence-electron chi connectivity index (χ4n) is 4.46. The standard InChI is InChI=1S/C21H25F3N4/c1-20(25,14-2-4-16(5-3-14)21(22,23)24)15-8-12-28(13-9-15)18-7-11-27-19-17(18)6-10-26-19/h2-5,7,11,15H,6,8-10,12-13,25H2,1H3,(H,26,27). The molecule has 0 spiro atoms. The summed E-state index contributed by atoms with van der Waals surface area (Å²) in [5.74, 6) is 1.20. The van der Waals surface area contributed by atoms with Gasteiger partial charge >= 0.3 is 6.18 Å². The molecule has 1 fully saturated rings. The van der Waals surface area contributed by atoms with E-state index in [0.29, 0.717) is 0 Å². The Morgan fingerprint density at radius 3 is 2.36 bits per heavy atom. The lowest BCUT2D eigenvalue weighted by Gasteiger charge is -2.42. The maximum absolute atomic E-state index is 12.8. The molecule has 4 rings (SSSR count). The number of nitrogens with one attached hydrogen (secondary N) is 1. The number of hydrogen-bond acceptors (Lipinski definition) is 4. The van der Waals surface area contributed by atoms with Crippen molar-refractivity contribution in [2.75, 3.05) is 29.9 Å². The van der Waals surface area contributed by atoms with Gasteiger partial charge in [-0.05, 0) is 55.9 Å². The van der Waals surface area contributed by atoms with Crippen LogP contribution < -0.4 is 16.0 Å². The molecule has 2 aromatic rings. The first-order valence-corrected chi connectivity index (χ1v) is 9.70. The zero-order valence-corrected chi connectivity index (χ0v) is 15.9. The minimum atomic E-state index is -4.32. The summed E-state index contributed by atoms with van der Waals surface area (Å²) >= 11 is 0. The highest BCUT2D eigenvalue weighted by Crippen LogP contribution is 2.38. The number of fused-ring (bicyclic) bond motifs is 1. The quantitative estimate of drug-likeness (QED) is 0.826. The molecule has 1 atom stereocenters. The molecule has 0 radical (unpaired) electrons. The van der Waals surface area contributed by atoms with E-state index in [-0.39, 0.29) is 5.92 Å². The number of alkyl halides is 3. The van der Waals surface area contributed by atoms with Gasteiger partial charge in [0.2, 0.25) is 0 Å². The lowest BCUT2D eigenvalue weighted by Crippen LogP contribution is -2.47. The van der Waals surface area contributed by atoms with E-state index in [4.69, 9.17) is 5.73 Å². The second-order valence-electron chi connectivity index (χ2n) is 7.95. The highest BCUT2D eigenvalue weighted by Gasteiger charge is 2.36. The summed E-state index contributed by atoms with van der Waals surface area (Å²) in [4.78, 5) is 6.78. The Balaban J connectivity index is 1.46. The van der Waals surface area contributed by atoms with Gasteiger partial charge in [-0.3, -0.25) is 0 Å². The number of rotatable bonds is 3. The molecule has 2 aliphatic heterocycles. The summed E-state index contributed by atoms with van der Waals surface area (Å²) < 4.78 is 38.5. The lowest BCUT2D eigenvalue weighted by atomic mass is 9.75.